The summed E-state index contributed by atoms with van der Waals surface area (Å²) in [5.74, 6) is -0.655. The molecule has 0 spiro atoms. The lowest BCUT2D eigenvalue weighted by molar-refractivity contribution is -0.140. The molecule has 0 aliphatic rings. The van der Waals surface area contributed by atoms with Crippen molar-refractivity contribution in [1.29, 1.82) is 0 Å². The number of hydrogen-bond acceptors (Lipinski definition) is 4. The average molecular weight is 371 g/mol. The predicted molar refractivity (Wildman–Crippen MR) is 88.4 cm³/mol. The van der Waals surface area contributed by atoms with Crippen molar-refractivity contribution in [3.8, 4) is 0 Å². The Morgan fingerprint density at radius 1 is 1.32 bits per heavy atom. The molecule has 0 radical (unpaired) electrons. The number of nitrogens with one attached hydrogen (secondary N) is 2. The van der Waals surface area contributed by atoms with E-state index in [1.165, 1.54) is 6.07 Å². The summed E-state index contributed by atoms with van der Waals surface area (Å²) in [5.41, 5.74) is -0.216. The minimum atomic E-state index is -4.51. The molecule has 1 unspecified atom stereocenters. The molecule has 2 aromatic rings. The number of hydrogen-bond donors (Lipinski definition) is 2. The largest absolute Gasteiger partial charge is 0.434 e. The Labute approximate surface area is 146 Å². The molecule has 0 saturated heterocycles. The smallest absolute Gasteiger partial charge is 0.343 e. The van der Waals surface area contributed by atoms with Crippen molar-refractivity contribution in [1.82, 2.24) is 10.3 Å². The minimum Gasteiger partial charge on any atom is -0.343 e. The van der Waals surface area contributed by atoms with Crippen molar-refractivity contribution in [3.05, 3.63) is 45.9 Å². The molecule has 0 bridgehead atoms. The lowest BCUT2D eigenvalue weighted by Crippen LogP contribution is -2.26. The topological polar surface area (TPSA) is 71.1 Å². The van der Waals surface area contributed by atoms with Gasteiger partial charge in [0.05, 0.1) is 6.04 Å². The van der Waals surface area contributed by atoms with Gasteiger partial charge in [-0.25, -0.2) is 4.98 Å². The number of halogens is 3. The summed E-state index contributed by atoms with van der Waals surface area (Å²) in [4.78, 5) is 27.2. The van der Waals surface area contributed by atoms with Crippen LogP contribution in [-0.2, 0) is 11.0 Å². The number of carbonyl (C=O) groups is 2. The molecule has 2 amide bonds. The SMILES string of the molecule is CCC(=O)Nc1cccc(C(=O)NC(C)c2nc(C(F)(F)F)cs2)c1. The van der Waals surface area contributed by atoms with Gasteiger partial charge in [-0.3, -0.25) is 9.59 Å². The van der Waals surface area contributed by atoms with Crippen LogP contribution in [-0.4, -0.2) is 16.8 Å². The molecule has 0 aliphatic carbocycles. The third kappa shape index (κ3) is 5.02. The van der Waals surface area contributed by atoms with E-state index in [1.54, 1.807) is 32.0 Å². The lowest BCUT2D eigenvalue weighted by Gasteiger charge is -2.12. The first-order chi connectivity index (χ1) is 11.7. The summed E-state index contributed by atoms with van der Waals surface area (Å²) >= 11 is 0.833. The number of aromatic nitrogens is 1. The fourth-order valence-electron chi connectivity index (χ4n) is 1.95. The zero-order valence-electron chi connectivity index (χ0n) is 13.5. The Morgan fingerprint density at radius 3 is 2.64 bits per heavy atom. The molecule has 0 saturated carbocycles. The highest BCUT2D eigenvalue weighted by molar-refractivity contribution is 7.09. The molecule has 134 valence electrons. The summed E-state index contributed by atoms with van der Waals surface area (Å²) in [5, 5.41) is 6.32. The number of rotatable bonds is 5. The minimum absolute atomic E-state index is 0.163. The number of amides is 2. The Balaban J connectivity index is 2.07. The first-order valence-corrected chi connectivity index (χ1v) is 8.32. The molecular weight excluding hydrogens is 355 g/mol. The van der Waals surface area contributed by atoms with Gasteiger partial charge in [-0.05, 0) is 25.1 Å². The number of alkyl halides is 3. The van der Waals surface area contributed by atoms with Gasteiger partial charge in [0.25, 0.3) is 5.91 Å². The molecule has 0 aliphatic heterocycles. The molecule has 9 heteroatoms. The van der Waals surface area contributed by atoms with Crippen molar-refractivity contribution in [3.63, 3.8) is 0 Å². The number of thiazole rings is 1. The second-order valence-electron chi connectivity index (χ2n) is 5.25. The zero-order valence-corrected chi connectivity index (χ0v) is 14.3. The maximum atomic E-state index is 12.6. The molecule has 25 heavy (non-hydrogen) atoms. The summed E-state index contributed by atoms with van der Waals surface area (Å²) in [7, 11) is 0. The van der Waals surface area contributed by atoms with E-state index in [9.17, 15) is 22.8 Å². The van der Waals surface area contributed by atoms with Crippen molar-refractivity contribution in [2.75, 3.05) is 5.32 Å². The van der Waals surface area contributed by atoms with Gasteiger partial charge in [0, 0.05) is 23.1 Å². The van der Waals surface area contributed by atoms with Crippen molar-refractivity contribution in [2.45, 2.75) is 32.5 Å². The molecule has 2 N–H and O–H groups in total. The van der Waals surface area contributed by atoms with Crippen LogP contribution in [0.2, 0.25) is 0 Å². The van der Waals surface area contributed by atoms with Crippen molar-refractivity contribution in [2.24, 2.45) is 0 Å². The van der Waals surface area contributed by atoms with Gasteiger partial charge < -0.3 is 10.6 Å². The van der Waals surface area contributed by atoms with Gasteiger partial charge in [-0.1, -0.05) is 13.0 Å². The summed E-state index contributed by atoms with van der Waals surface area (Å²) < 4.78 is 37.8. The summed E-state index contributed by atoms with van der Waals surface area (Å²) in [6.45, 7) is 3.26. The number of carbonyl (C=O) groups excluding carboxylic acids is 2. The van der Waals surface area contributed by atoms with E-state index in [-0.39, 0.29) is 16.5 Å². The first kappa shape index (κ1) is 18.9. The van der Waals surface area contributed by atoms with Gasteiger partial charge in [-0.2, -0.15) is 13.2 Å². The van der Waals surface area contributed by atoms with Crippen LogP contribution in [0.4, 0.5) is 18.9 Å². The van der Waals surface area contributed by atoms with Gasteiger partial charge in [0.2, 0.25) is 5.91 Å². The van der Waals surface area contributed by atoms with Crippen molar-refractivity contribution < 1.29 is 22.8 Å². The van der Waals surface area contributed by atoms with E-state index < -0.39 is 23.8 Å². The van der Waals surface area contributed by atoms with Crippen LogP contribution in [0.25, 0.3) is 0 Å². The number of nitrogens with zero attached hydrogens (tertiary/aromatic N) is 1. The molecule has 1 atom stereocenters. The number of anilines is 1. The quantitative estimate of drug-likeness (QED) is 0.835. The van der Waals surface area contributed by atoms with E-state index in [4.69, 9.17) is 0 Å². The van der Waals surface area contributed by atoms with Crippen LogP contribution in [0.3, 0.4) is 0 Å². The van der Waals surface area contributed by atoms with Gasteiger partial charge in [0.1, 0.15) is 5.01 Å². The van der Waals surface area contributed by atoms with E-state index in [0.717, 1.165) is 16.7 Å². The Morgan fingerprint density at radius 2 is 2.04 bits per heavy atom. The van der Waals surface area contributed by atoms with Crippen LogP contribution in [0, 0.1) is 0 Å². The maximum absolute atomic E-state index is 12.6. The third-order valence-corrected chi connectivity index (χ3v) is 4.29. The first-order valence-electron chi connectivity index (χ1n) is 7.44. The second kappa shape index (κ2) is 7.64. The van der Waals surface area contributed by atoms with Gasteiger partial charge in [0.15, 0.2) is 5.69 Å². The molecule has 5 nitrogen and oxygen atoms in total. The standard InChI is InChI=1S/C16H16F3N3O2S/c1-3-13(23)21-11-6-4-5-10(7-11)14(24)20-9(2)15-22-12(8-25-15)16(17,18)19/h4-9H,3H2,1-2H3,(H,20,24)(H,21,23). The van der Waals surface area contributed by atoms with Crippen LogP contribution in [0.1, 0.15) is 47.4 Å². The Kier molecular flexibility index (Phi) is 5.78. The number of benzene rings is 1. The van der Waals surface area contributed by atoms with Crippen LogP contribution in [0.5, 0.6) is 0 Å². The molecular formula is C16H16F3N3O2S. The average Bonchev–Trinajstić information content (AvgIpc) is 3.05. The molecule has 0 fully saturated rings. The maximum Gasteiger partial charge on any atom is 0.434 e. The summed E-state index contributed by atoms with van der Waals surface area (Å²) in [6, 6.07) is 5.62. The van der Waals surface area contributed by atoms with E-state index >= 15 is 0 Å². The van der Waals surface area contributed by atoms with Crippen LogP contribution < -0.4 is 10.6 Å². The molecule has 1 aromatic carbocycles. The Hall–Kier alpha value is -2.42. The highest BCUT2D eigenvalue weighted by Crippen LogP contribution is 2.31. The summed E-state index contributed by atoms with van der Waals surface area (Å²) in [6.07, 6.45) is -4.21. The zero-order chi connectivity index (χ0) is 18.6. The van der Waals surface area contributed by atoms with Crippen LogP contribution in [0.15, 0.2) is 29.6 Å². The third-order valence-electron chi connectivity index (χ3n) is 3.26. The van der Waals surface area contributed by atoms with E-state index in [1.807, 2.05) is 0 Å². The highest BCUT2D eigenvalue weighted by Gasteiger charge is 2.34. The van der Waals surface area contributed by atoms with Crippen molar-refractivity contribution >= 4 is 28.8 Å². The normalized spacial score (nSPS) is 12.5. The monoisotopic (exact) mass is 371 g/mol. The molecule has 2 rings (SSSR count). The van der Waals surface area contributed by atoms with E-state index in [2.05, 4.69) is 15.6 Å². The van der Waals surface area contributed by atoms with Gasteiger partial charge in [-0.15, -0.1) is 11.3 Å². The fraction of sp³-hybridized carbons (Fsp3) is 0.312. The predicted octanol–water partition coefficient (Wildman–Crippen LogP) is 4.00. The fourth-order valence-corrected chi connectivity index (χ4v) is 2.78. The molecule has 1 aromatic heterocycles. The highest BCUT2D eigenvalue weighted by atomic mass is 32.1. The Bertz CT molecular complexity index is 774. The second-order valence-corrected chi connectivity index (χ2v) is 6.14. The van der Waals surface area contributed by atoms with E-state index in [0.29, 0.717) is 12.1 Å². The van der Waals surface area contributed by atoms with Crippen LogP contribution >= 0.6 is 11.3 Å². The molecule has 1 heterocycles. The lowest BCUT2D eigenvalue weighted by atomic mass is 10.1. The van der Waals surface area contributed by atoms with Gasteiger partial charge >= 0.3 is 6.18 Å².